The van der Waals surface area contributed by atoms with Crippen LogP contribution in [0.1, 0.15) is 32.0 Å². The van der Waals surface area contributed by atoms with Gasteiger partial charge in [-0.15, -0.1) is 0 Å². The van der Waals surface area contributed by atoms with Crippen LogP contribution in [0.4, 0.5) is 0 Å². The summed E-state index contributed by atoms with van der Waals surface area (Å²) < 4.78 is 5.04. The first-order chi connectivity index (χ1) is 8.65. The van der Waals surface area contributed by atoms with Gasteiger partial charge in [0.15, 0.2) is 0 Å². The zero-order valence-corrected chi connectivity index (χ0v) is 11.1. The summed E-state index contributed by atoms with van der Waals surface area (Å²) in [6.07, 6.45) is 0.645. The molecule has 0 aliphatic rings. The highest BCUT2D eigenvalue weighted by molar-refractivity contribution is 6.31. The molecular weight excluding hydrogens is 252 g/mol. The SMILES string of the molecule is CCOC(=O)C(CC)c1nc2ccc(Cl)cc2[nH]1. The molecule has 0 amide bonds. The summed E-state index contributed by atoms with van der Waals surface area (Å²) in [6.45, 7) is 4.10. The number of imidazole rings is 1. The molecule has 0 aliphatic carbocycles. The van der Waals surface area contributed by atoms with E-state index in [-0.39, 0.29) is 11.9 Å². The third-order valence-electron chi connectivity index (χ3n) is 2.77. The third-order valence-corrected chi connectivity index (χ3v) is 3.01. The van der Waals surface area contributed by atoms with Crippen LogP contribution in [0.5, 0.6) is 0 Å². The molecule has 4 nitrogen and oxygen atoms in total. The van der Waals surface area contributed by atoms with Crippen LogP contribution in [0.15, 0.2) is 18.2 Å². The number of hydrogen-bond acceptors (Lipinski definition) is 3. The van der Waals surface area contributed by atoms with Gasteiger partial charge in [-0.25, -0.2) is 4.98 Å². The van der Waals surface area contributed by atoms with Gasteiger partial charge in [0, 0.05) is 5.02 Å². The number of carbonyl (C=O) groups is 1. The minimum atomic E-state index is -0.351. The van der Waals surface area contributed by atoms with Crippen molar-refractivity contribution in [2.24, 2.45) is 0 Å². The van der Waals surface area contributed by atoms with E-state index >= 15 is 0 Å². The molecular formula is C13H15ClN2O2. The van der Waals surface area contributed by atoms with Crippen LogP contribution >= 0.6 is 11.6 Å². The molecule has 1 aromatic heterocycles. The first-order valence-corrected chi connectivity index (χ1v) is 6.35. The summed E-state index contributed by atoms with van der Waals surface area (Å²) in [5, 5.41) is 0.641. The fourth-order valence-electron chi connectivity index (χ4n) is 1.88. The Bertz CT molecular complexity index is 565. The van der Waals surface area contributed by atoms with Crippen LogP contribution in [0, 0.1) is 0 Å². The summed E-state index contributed by atoms with van der Waals surface area (Å²) in [7, 11) is 0. The third kappa shape index (κ3) is 2.48. The summed E-state index contributed by atoms with van der Waals surface area (Å²) >= 11 is 5.91. The van der Waals surface area contributed by atoms with Gasteiger partial charge >= 0.3 is 5.97 Å². The Labute approximate surface area is 110 Å². The molecule has 0 saturated heterocycles. The van der Waals surface area contributed by atoms with Gasteiger partial charge in [0.2, 0.25) is 0 Å². The number of halogens is 1. The molecule has 1 N–H and O–H groups in total. The van der Waals surface area contributed by atoms with Crippen molar-refractivity contribution < 1.29 is 9.53 Å². The Hall–Kier alpha value is -1.55. The maximum Gasteiger partial charge on any atom is 0.316 e. The van der Waals surface area contributed by atoms with Crippen molar-refractivity contribution in [1.82, 2.24) is 9.97 Å². The van der Waals surface area contributed by atoms with Gasteiger partial charge in [-0.3, -0.25) is 4.79 Å². The molecule has 0 aliphatic heterocycles. The number of nitrogens with one attached hydrogen (secondary N) is 1. The van der Waals surface area contributed by atoms with E-state index < -0.39 is 0 Å². The highest BCUT2D eigenvalue weighted by atomic mass is 35.5. The average molecular weight is 267 g/mol. The predicted molar refractivity (Wildman–Crippen MR) is 70.8 cm³/mol. The van der Waals surface area contributed by atoms with E-state index in [0.29, 0.717) is 23.9 Å². The van der Waals surface area contributed by atoms with Crippen molar-refractivity contribution in [2.45, 2.75) is 26.2 Å². The number of hydrogen-bond donors (Lipinski definition) is 1. The van der Waals surface area contributed by atoms with Gasteiger partial charge in [-0.1, -0.05) is 18.5 Å². The number of nitrogens with zero attached hydrogens (tertiary/aromatic N) is 1. The van der Waals surface area contributed by atoms with Crippen molar-refractivity contribution in [3.8, 4) is 0 Å². The lowest BCUT2D eigenvalue weighted by atomic mass is 10.1. The molecule has 1 heterocycles. The second-order valence-electron chi connectivity index (χ2n) is 4.00. The molecule has 1 unspecified atom stereocenters. The zero-order chi connectivity index (χ0) is 13.1. The molecule has 0 fully saturated rings. The molecule has 2 aromatic rings. The number of aromatic nitrogens is 2. The number of aromatic amines is 1. The van der Waals surface area contributed by atoms with Crippen molar-refractivity contribution in [3.63, 3.8) is 0 Å². The van der Waals surface area contributed by atoms with Crippen LogP contribution in [0.2, 0.25) is 5.02 Å². The Morgan fingerprint density at radius 3 is 2.94 bits per heavy atom. The smallest absolute Gasteiger partial charge is 0.316 e. The first kappa shape index (κ1) is 12.9. The quantitative estimate of drug-likeness (QED) is 0.864. The van der Waals surface area contributed by atoms with Crippen LogP contribution < -0.4 is 0 Å². The fourth-order valence-corrected chi connectivity index (χ4v) is 2.05. The Morgan fingerprint density at radius 2 is 2.28 bits per heavy atom. The van der Waals surface area contributed by atoms with Gasteiger partial charge in [0.05, 0.1) is 17.6 Å². The standard InChI is InChI=1S/C13H15ClN2O2/c1-3-9(13(17)18-4-2)12-15-10-6-5-8(14)7-11(10)16-12/h5-7,9H,3-4H2,1-2H3,(H,15,16). The summed E-state index contributed by atoms with van der Waals surface area (Å²) in [6, 6.07) is 5.40. The maximum absolute atomic E-state index is 11.8. The second kappa shape index (κ2) is 5.40. The molecule has 0 radical (unpaired) electrons. The number of ether oxygens (including phenoxy) is 1. The average Bonchev–Trinajstić information content (AvgIpc) is 2.72. The van der Waals surface area contributed by atoms with Gasteiger partial charge in [0.1, 0.15) is 11.7 Å². The fraction of sp³-hybridized carbons (Fsp3) is 0.385. The Kier molecular flexibility index (Phi) is 3.87. The summed E-state index contributed by atoms with van der Waals surface area (Å²) in [5.41, 5.74) is 1.64. The molecule has 2 rings (SSSR count). The maximum atomic E-state index is 11.8. The topological polar surface area (TPSA) is 55.0 Å². The summed E-state index contributed by atoms with van der Waals surface area (Å²) in [5.74, 6) is 0.0366. The second-order valence-corrected chi connectivity index (χ2v) is 4.43. The molecule has 18 heavy (non-hydrogen) atoms. The number of H-pyrrole nitrogens is 1. The number of carbonyl (C=O) groups excluding carboxylic acids is 1. The van der Waals surface area contributed by atoms with Gasteiger partial charge in [-0.05, 0) is 31.5 Å². The van der Waals surface area contributed by atoms with Crippen LogP contribution in [-0.2, 0) is 9.53 Å². The van der Waals surface area contributed by atoms with E-state index in [1.807, 2.05) is 13.0 Å². The van der Waals surface area contributed by atoms with E-state index in [9.17, 15) is 4.79 Å². The lowest BCUT2D eigenvalue weighted by Gasteiger charge is -2.10. The molecule has 96 valence electrons. The molecule has 0 bridgehead atoms. The predicted octanol–water partition coefficient (Wildman–Crippen LogP) is 3.27. The van der Waals surface area contributed by atoms with Crippen LogP contribution in [0.25, 0.3) is 11.0 Å². The molecule has 1 aromatic carbocycles. The van der Waals surface area contributed by atoms with E-state index in [0.717, 1.165) is 11.0 Å². The zero-order valence-electron chi connectivity index (χ0n) is 10.4. The Morgan fingerprint density at radius 1 is 1.50 bits per heavy atom. The van der Waals surface area contributed by atoms with E-state index in [1.165, 1.54) is 0 Å². The monoisotopic (exact) mass is 266 g/mol. The Balaban J connectivity index is 2.36. The number of fused-ring (bicyclic) bond motifs is 1. The lowest BCUT2D eigenvalue weighted by Crippen LogP contribution is -2.16. The number of rotatable bonds is 4. The first-order valence-electron chi connectivity index (χ1n) is 5.97. The van der Waals surface area contributed by atoms with Gasteiger partial charge in [0.25, 0.3) is 0 Å². The van der Waals surface area contributed by atoms with Crippen molar-refractivity contribution in [3.05, 3.63) is 29.0 Å². The largest absolute Gasteiger partial charge is 0.465 e. The molecule has 5 heteroatoms. The minimum Gasteiger partial charge on any atom is -0.465 e. The van der Waals surface area contributed by atoms with Crippen molar-refractivity contribution in [1.29, 1.82) is 0 Å². The van der Waals surface area contributed by atoms with Crippen LogP contribution in [-0.4, -0.2) is 22.5 Å². The number of benzene rings is 1. The highest BCUT2D eigenvalue weighted by Gasteiger charge is 2.23. The molecule has 1 atom stereocenters. The van der Waals surface area contributed by atoms with E-state index in [2.05, 4.69) is 9.97 Å². The lowest BCUT2D eigenvalue weighted by molar-refractivity contribution is -0.145. The van der Waals surface area contributed by atoms with Crippen molar-refractivity contribution >= 4 is 28.6 Å². The van der Waals surface area contributed by atoms with Gasteiger partial charge < -0.3 is 9.72 Å². The van der Waals surface area contributed by atoms with Crippen LogP contribution in [0.3, 0.4) is 0 Å². The number of esters is 1. The molecule has 0 saturated carbocycles. The van der Waals surface area contributed by atoms with E-state index in [1.54, 1.807) is 19.1 Å². The van der Waals surface area contributed by atoms with Gasteiger partial charge in [-0.2, -0.15) is 0 Å². The van der Waals surface area contributed by atoms with Crippen molar-refractivity contribution in [2.75, 3.05) is 6.61 Å². The normalized spacial score (nSPS) is 12.6. The minimum absolute atomic E-state index is 0.245. The highest BCUT2D eigenvalue weighted by Crippen LogP contribution is 2.23. The summed E-state index contributed by atoms with van der Waals surface area (Å²) in [4.78, 5) is 19.4. The molecule has 0 spiro atoms. The van der Waals surface area contributed by atoms with E-state index in [4.69, 9.17) is 16.3 Å².